The van der Waals surface area contributed by atoms with Crippen molar-refractivity contribution in [3.63, 3.8) is 0 Å². The summed E-state index contributed by atoms with van der Waals surface area (Å²) in [6.45, 7) is -0.554. The van der Waals surface area contributed by atoms with Gasteiger partial charge in [0.05, 0.1) is 13.2 Å². The number of aryl methyl sites for hydroxylation is 1. The van der Waals surface area contributed by atoms with Crippen molar-refractivity contribution in [1.82, 2.24) is 4.57 Å². The number of nitrogens with zero attached hydrogens (tertiary/aromatic N) is 1. The average molecular weight is 291 g/mol. The summed E-state index contributed by atoms with van der Waals surface area (Å²) in [6, 6.07) is 0. The maximum atomic E-state index is 12.4. The molecule has 0 radical (unpaired) electrons. The fraction of sp³-hybridized carbons (Fsp3) is 0.667. The molecule has 104 valence electrons. The van der Waals surface area contributed by atoms with Crippen molar-refractivity contribution >= 4 is 11.3 Å². The quantitative estimate of drug-likeness (QED) is 0.616. The molecule has 0 saturated carbocycles. The summed E-state index contributed by atoms with van der Waals surface area (Å²) >= 11 is 0.923. The first-order valence-electron chi connectivity index (χ1n) is 4.82. The highest BCUT2D eigenvalue weighted by atomic mass is 32.1. The van der Waals surface area contributed by atoms with Crippen LogP contribution in [0.1, 0.15) is 5.69 Å². The van der Waals surface area contributed by atoms with Crippen molar-refractivity contribution in [2.75, 3.05) is 13.2 Å². The van der Waals surface area contributed by atoms with Crippen LogP contribution >= 0.6 is 11.3 Å². The second kappa shape index (κ2) is 5.35. The van der Waals surface area contributed by atoms with Gasteiger partial charge in [-0.25, -0.2) is 0 Å². The van der Waals surface area contributed by atoms with Crippen molar-refractivity contribution in [1.29, 1.82) is 0 Å². The van der Waals surface area contributed by atoms with Crippen molar-refractivity contribution < 1.29 is 26.7 Å². The smallest absolute Gasteiger partial charge is 0.373 e. The Balaban J connectivity index is 2.43. The second-order valence-corrected chi connectivity index (χ2v) is 4.37. The summed E-state index contributed by atoms with van der Waals surface area (Å²) in [5, 5.41) is 1.56. The maximum Gasteiger partial charge on any atom is 0.455 e. The van der Waals surface area contributed by atoms with E-state index in [0.29, 0.717) is 5.69 Å². The van der Waals surface area contributed by atoms with E-state index < -0.39 is 18.7 Å². The van der Waals surface area contributed by atoms with Gasteiger partial charge in [0.1, 0.15) is 6.61 Å². The van der Waals surface area contributed by atoms with E-state index in [0.717, 1.165) is 11.3 Å². The first kappa shape index (κ1) is 15.1. The molecule has 0 aromatic carbocycles. The minimum absolute atomic E-state index is 0.0535. The lowest BCUT2D eigenvalue weighted by molar-refractivity contribution is -0.296. The van der Waals surface area contributed by atoms with Crippen LogP contribution < -0.4 is 4.87 Å². The van der Waals surface area contributed by atoms with E-state index in [1.807, 2.05) is 0 Å². The van der Waals surface area contributed by atoms with E-state index >= 15 is 0 Å². The number of aromatic nitrogens is 1. The number of hydrogen-bond donors (Lipinski definition) is 0. The fourth-order valence-corrected chi connectivity index (χ4v) is 1.87. The molecule has 0 saturated heterocycles. The first-order chi connectivity index (χ1) is 8.15. The summed E-state index contributed by atoms with van der Waals surface area (Å²) in [5.74, 6) is -4.87. The van der Waals surface area contributed by atoms with Gasteiger partial charge in [-0.15, -0.1) is 0 Å². The lowest BCUT2D eigenvalue weighted by Crippen LogP contribution is -2.41. The van der Waals surface area contributed by atoms with Gasteiger partial charge in [-0.2, -0.15) is 22.0 Å². The minimum atomic E-state index is -5.62. The molecule has 1 aromatic rings. The van der Waals surface area contributed by atoms with Crippen molar-refractivity contribution in [3.05, 3.63) is 20.7 Å². The van der Waals surface area contributed by atoms with Crippen molar-refractivity contribution in [2.45, 2.75) is 25.6 Å². The Hall–Kier alpha value is -0.960. The standard InChI is InChI=1S/C9H10F5NO2S/c1-6-4-18-7(16)15(6)2-3-17-5-8(10,11)9(12,13)14/h4H,2-3,5H2,1H3. The van der Waals surface area contributed by atoms with Crippen molar-refractivity contribution in [3.8, 4) is 0 Å². The number of alkyl halides is 5. The maximum absolute atomic E-state index is 12.4. The highest BCUT2D eigenvalue weighted by Gasteiger charge is 2.57. The first-order valence-corrected chi connectivity index (χ1v) is 5.70. The Morgan fingerprint density at radius 3 is 2.39 bits per heavy atom. The van der Waals surface area contributed by atoms with Gasteiger partial charge in [0.2, 0.25) is 0 Å². The minimum Gasteiger partial charge on any atom is -0.373 e. The fourth-order valence-electron chi connectivity index (χ4n) is 1.11. The third-order valence-electron chi connectivity index (χ3n) is 2.13. The van der Waals surface area contributed by atoms with Crippen LogP contribution in [0.5, 0.6) is 0 Å². The zero-order valence-corrected chi connectivity index (χ0v) is 10.1. The molecule has 1 heterocycles. The topological polar surface area (TPSA) is 31.2 Å². The summed E-state index contributed by atoms with van der Waals surface area (Å²) in [5.41, 5.74) is 0.608. The molecule has 9 heteroatoms. The Kier molecular flexibility index (Phi) is 4.49. The molecule has 0 aliphatic rings. The summed E-state index contributed by atoms with van der Waals surface area (Å²) in [4.78, 5) is 10.9. The molecule has 18 heavy (non-hydrogen) atoms. The molecule has 0 unspecified atom stereocenters. The largest absolute Gasteiger partial charge is 0.455 e. The Morgan fingerprint density at radius 2 is 1.94 bits per heavy atom. The van der Waals surface area contributed by atoms with Gasteiger partial charge in [-0.3, -0.25) is 4.79 Å². The van der Waals surface area contributed by atoms with Gasteiger partial charge in [0, 0.05) is 11.1 Å². The molecule has 0 amide bonds. The van der Waals surface area contributed by atoms with E-state index in [4.69, 9.17) is 0 Å². The second-order valence-electron chi connectivity index (χ2n) is 3.55. The summed E-state index contributed by atoms with van der Waals surface area (Å²) in [7, 11) is 0. The van der Waals surface area contributed by atoms with E-state index in [2.05, 4.69) is 4.74 Å². The normalized spacial score (nSPS) is 13.0. The van der Waals surface area contributed by atoms with Crippen LogP contribution in [-0.4, -0.2) is 29.9 Å². The van der Waals surface area contributed by atoms with Crippen LogP contribution in [0.3, 0.4) is 0 Å². The summed E-state index contributed by atoms with van der Waals surface area (Å²) in [6.07, 6.45) is -5.62. The molecule has 3 nitrogen and oxygen atoms in total. The van der Waals surface area contributed by atoms with Gasteiger partial charge in [0.15, 0.2) is 0 Å². The molecule has 0 aliphatic carbocycles. The Morgan fingerprint density at radius 1 is 1.33 bits per heavy atom. The number of rotatable bonds is 5. The van der Waals surface area contributed by atoms with E-state index in [-0.39, 0.29) is 18.0 Å². The number of ether oxygens (including phenoxy) is 1. The molecule has 0 N–H and O–H groups in total. The number of hydrogen-bond acceptors (Lipinski definition) is 3. The van der Waals surface area contributed by atoms with Gasteiger partial charge < -0.3 is 9.30 Å². The van der Waals surface area contributed by atoms with Gasteiger partial charge in [0.25, 0.3) is 0 Å². The van der Waals surface area contributed by atoms with Gasteiger partial charge in [-0.1, -0.05) is 11.3 Å². The van der Waals surface area contributed by atoms with Crippen LogP contribution in [0, 0.1) is 6.92 Å². The molecule has 1 rings (SSSR count). The molecule has 0 atom stereocenters. The van der Waals surface area contributed by atoms with Crippen LogP contribution in [0.4, 0.5) is 22.0 Å². The van der Waals surface area contributed by atoms with Crippen LogP contribution in [0.15, 0.2) is 10.2 Å². The Bertz CT molecular complexity index is 451. The monoisotopic (exact) mass is 291 g/mol. The highest BCUT2D eigenvalue weighted by molar-refractivity contribution is 7.07. The lowest BCUT2D eigenvalue weighted by Gasteiger charge is -2.19. The molecule has 0 aliphatic heterocycles. The molecule has 0 spiro atoms. The predicted octanol–water partition coefficient (Wildman–Crippen LogP) is 2.43. The molecule has 0 fully saturated rings. The highest BCUT2D eigenvalue weighted by Crippen LogP contribution is 2.35. The number of halogens is 5. The zero-order chi connectivity index (χ0) is 14.0. The summed E-state index contributed by atoms with van der Waals surface area (Å²) < 4.78 is 65.7. The Labute approximate surface area is 103 Å². The average Bonchev–Trinajstić information content (AvgIpc) is 2.53. The molecule has 0 bridgehead atoms. The van der Waals surface area contributed by atoms with E-state index in [1.165, 1.54) is 4.57 Å². The molecule has 1 aromatic heterocycles. The lowest BCUT2D eigenvalue weighted by atomic mass is 10.3. The van der Waals surface area contributed by atoms with Gasteiger partial charge >= 0.3 is 17.0 Å². The predicted molar refractivity (Wildman–Crippen MR) is 55.1 cm³/mol. The van der Waals surface area contributed by atoms with Crippen molar-refractivity contribution in [2.24, 2.45) is 0 Å². The van der Waals surface area contributed by atoms with Crippen LogP contribution in [0.2, 0.25) is 0 Å². The molecular formula is C9H10F5NO2S. The zero-order valence-electron chi connectivity index (χ0n) is 9.26. The van der Waals surface area contributed by atoms with Crippen LogP contribution in [-0.2, 0) is 11.3 Å². The number of thiazole rings is 1. The third kappa shape index (κ3) is 3.52. The van der Waals surface area contributed by atoms with E-state index in [9.17, 15) is 26.7 Å². The van der Waals surface area contributed by atoms with E-state index in [1.54, 1.807) is 12.3 Å². The van der Waals surface area contributed by atoms with Gasteiger partial charge in [-0.05, 0) is 6.92 Å². The third-order valence-corrected chi connectivity index (χ3v) is 3.01. The SMILES string of the molecule is Cc1csc(=O)n1CCOCC(F)(F)C(F)(F)F. The van der Waals surface area contributed by atoms with Crippen LogP contribution in [0.25, 0.3) is 0 Å². The molecular weight excluding hydrogens is 281 g/mol.